The van der Waals surface area contributed by atoms with Gasteiger partial charge in [-0.15, -0.1) is 0 Å². The molecule has 1 aromatic carbocycles. The third-order valence-corrected chi connectivity index (χ3v) is 7.94. The number of aromatic nitrogens is 1. The molecular weight excluding hydrogens is 495 g/mol. The number of likely N-dealkylation sites (tertiary alicyclic amines) is 1. The Morgan fingerprint density at radius 2 is 1.86 bits per heavy atom. The number of carbonyl (C=O) groups excluding carboxylic acids is 1. The number of nitrogens with one attached hydrogen (secondary N) is 2. The zero-order valence-electron chi connectivity index (χ0n) is 20.5. The lowest BCUT2D eigenvalue weighted by Gasteiger charge is -2.66. The molecule has 1 aliphatic heterocycles. The number of rotatable bonds is 7. The van der Waals surface area contributed by atoms with Crippen molar-refractivity contribution in [2.75, 3.05) is 25.5 Å². The van der Waals surface area contributed by atoms with Crippen molar-refractivity contribution >= 4 is 11.6 Å². The molecule has 3 atom stereocenters. The summed E-state index contributed by atoms with van der Waals surface area (Å²) in [7, 11) is 1.80. The first-order chi connectivity index (χ1) is 17.4. The average molecular weight is 525 g/mol. The van der Waals surface area contributed by atoms with Gasteiger partial charge in [0.1, 0.15) is 17.7 Å². The predicted octanol–water partition coefficient (Wildman–Crippen LogP) is 4.47. The van der Waals surface area contributed by atoms with Crippen molar-refractivity contribution in [2.45, 2.75) is 68.5 Å². The molecule has 2 bridgehead atoms. The lowest BCUT2D eigenvalue weighted by molar-refractivity contribution is -0.199. The fourth-order valence-electron chi connectivity index (χ4n) is 5.92. The van der Waals surface area contributed by atoms with Gasteiger partial charge in [0.25, 0.3) is 17.9 Å². The van der Waals surface area contributed by atoms with Crippen LogP contribution in [0.5, 0.6) is 0 Å². The molecule has 6 rings (SSSR count). The Bertz CT molecular complexity index is 1260. The molecule has 1 aromatic heterocycles. The second kappa shape index (κ2) is 9.11. The van der Waals surface area contributed by atoms with Gasteiger partial charge in [-0.2, -0.15) is 0 Å². The van der Waals surface area contributed by atoms with Gasteiger partial charge in [0, 0.05) is 50.2 Å². The standard InChI is InChI=1S/C26H29F5N4O2/c1-14(15-4-3-5-16(22(15)28)23(29)30)32-24(37)17-9-35(26-11-25(31,12-26)13-26)21(36)8-20(17)33-19-6-7-34(2)10-18(19)27/h3-5,8-9,14,18-19,23,33H,6-7,10-13H2,1-2H3,(H,32,37)/t14?,18-,19+,25?,26?/m1/s1. The highest BCUT2D eigenvalue weighted by atomic mass is 19.3. The summed E-state index contributed by atoms with van der Waals surface area (Å²) in [6.45, 7) is 2.27. The summed E-state index contributed by atoms with van der Waals surface area (Å²) in [6, 6.07) is 3.16. The molecule has 0 radical (unpaired) electrons. The molecule has 2 aromatic rings. The van der Waals surface area contributed by atoms with Crippen molar-refractivity contribution in [3.63, 3.8) is 0 Å². The maximum Gasteiger partial charge on any atom is 0.266 e. The van der Waals surface area contributed by atoms with Gasteiger partial charge in [-0.3, -0.25) is 9.59 Å². The van der Waals surface area contributed by atoms with Crippen molar-refractivity contribution in [3.8, 4) is 0 Å². The molecule has 0 spiro atoms. The van der Waals surface area contributed by atoms with Gasteiger partial charge in [0.05, 0.1) is 34.4 Å². The molecule has 1 unspecified atom stereocenters. The summed E-state index contributed by atoms with van der Waals surface area (Å²) in [5.74, 6) is -1.81. The SMILES string of the molecule is CC(NC(=O)c1cn(C23CC(F)(C2)C3)c(=O)cc1N[C@H]1CCN(C)C[C@H]1F)c1cccc(C(F)F)c1F. The Morgan fingerprint density at radius 1 is 1.19 bits per heavy atom. The van der Waals surface area contributed by atoms with Crippen LogP contribution < -0.4 is 16.2 Å². The average Bonchev–Trinajstić information content (AvgIpc) is 2.78. The summed E-state index contributed by atoms with van der Waals surface area (Å²) in [5.41, 5.74) is -3.17. The molecule has 4 aliphatic rings. The number of pyridine rings is 1. The molecule has 6 nitrogen and oxygen atoms in total. The van der Waals surface area contributed by atoms with E-state index in [9.17, 15) is 31.5 Å². The van der Waals surface area contributed by atoms with Crippen LogP contribution in [0.2, 0.25) is 0 Å². The number of piperidine rings is 1. The van der Waals surface area contributed by atoms with Gasteiger partial charge in [-0.1, -0.05) is 18.2 Å². The van der Waals surface area contributed by atoms with E-state index in [1.807, 2.05) is 4.90 Å². The van der Waals surface area contributed by atoms with Crippen LogP contribution in [0.25, 0.3) is 0 Å². The van der Waals surface area contributed by atoms with Crippen LogP contribution in [-0.2, 0) is 5.54 Å². The van der Waals surface area contributed by atoms with E-state index in [2.05, 4.69) is 10.6 Å². The van der Waals surface area contributed by atoms with E-state index in [-0.39, 0.29) is 42.6 Å². The Labute approximate surface area is 210 Å². The monoisotopic (exact) mass is 524 g/mol. The van der Waals surface area contributed by atoms with Crippen molar-refractivity contribution in [1.82, 2.24) is 14.8 Å². The Hall–Kier alpha value is -2.95. The summed E-state index contributed by atoms with van der Waals surface area (Å²) in [5, 5.41) is 5.62. The topological polar surface area (TPSA) is 66.4 Å². The zero-order chi connectivity index (χ0) is 26.7. The van der Waals surface area contributed by atoms with Crippen LogP contribution in [0, 0.1) is 5.82 Å². The number of amides is 1. The van der Waals surface area contributed by atoms with E-state index in [0.29, 0.717) is 13.0 Å². The fourth-order valence-corrected chi connectivity index (χ4v) is 5.92. The Kier molecular flexibility index (Phi) is 6.32. The van der Waals surface area contributed by atoms with Gasteiger partial charge >= 0.3 is 0 Å². The third-order valence-electron chi connectivity index (χ3n) is 7.94. The molecule has 3 aliphatic carbocycles. The number of hydrogen-bond donors (Lipinski definition) is 2. The van der Waals surface area contributed by atoms with Crippen LogP contribution in [-0.4, -0.2) is 53.4 Å². The highest BCUT2D eigenvalue weighted by Crippen LogP contribution is 2.67. The molecule has 4 fully saturated rings. The van der Waals surface area contributed by atoms with Crippen LogP contribution in [0.3, 0.4) is 0 Å². The molecule has 3 saturated carbocycles. The zero-order valence-corrected chi connectivity index (χ0v) is 20.5. The van der Waals surface area contributed by atoms with Gasteiger partial charge in [-0.05, 0) is 20.4 Å². The fraction of sp³-hybridized carbons (Fsp3) is 0.538. The summed E-state index contributed by atoms with van der Waals surface area (Å²) in [4.78, 5) is 28.2. The lowest BCUT2D eigenvalue weighted by atomic mass is 9.47. The second-order valence-electron chi connectivity index (χ2n) is 10.8. The number of carbonyl (C=O) groups is 1. The van der Waals surface area contributed by atoms with E-state index in [1.54, 1.807) is 7.05 Å². The van der Waals surface area contributed by atoms with Crippen LogP contribution in [0.1, 0.15) is 66.6 Å². The molecule has 200 valence electrons. The minimum Gasteiger partial charge on any atom is -0.378 e. The quantitative estimate of drug-likeness (QED) is 0.525. The van der Waals surface area contributed by atoms with Gasteiger partial charge in [-0.25, -0.2) is 22.0 Å². The first-order valence-corrected chi connectivity index (χ1v) is 12.3. The summed E-state index contributed by atoms with van der Waals surface area (Å²) >= 11 is 0. The number of anilines is 1. The van der Waals surface area contributed by atoms with Crippen molar-refractivity contribution in [2.24, 2.45) is 0 Å². The van der Waals surface area contributed by atoms with Crippen molar-refractivity contribution < 1.29 is 26.7 Å². The van der Waals surface area contributed by atoms with Crippen LogP contribution in [0.15, 0.2) is 35.3 Å². The molecule has 2 heterocycles. The normalized spacial score (nSPS) is 29.8. The first-order valence-electron chi connectivity index (χ1n) is 12.3. The molecule has 2 N–H and O–H groups in total. The van der Waals surface area contributed by atoms with Crippen LogP contribution in [0.4, 0.5) is 27.6 Å². The van der Waals surface area contributed by atoms with Gasteiger partial charge in [0.15, 0.2) is 0 Å². The number of nitrogens with zero attached hydrogens (tertiary/aromatic N) is 2. The third kappa shape index (κ3) is 4.51. The van der Waals surface area contributed by atoms with E-state index in [0.717, 1.165) is 6.07 Å². The van der Waals surface area contributed by atoms with Gasteiger partial charge in [0.2, 0.25) is 0 Å². The van der Waals surface area contributed by atoms with Crippen molar-refractivity contribution in [1.29, 1.82) is 0 Å². The highest BCUT2D eigenvalue weighted by Gasteiger charge is 2.70. The molecule has 11 heteroatoms. The number of hydrogen-bond acceptors (Lipinski definition) is 4. The first kappa shape index (κ1) is 25.7. The van der Waals surface area contributed by atoms with E-state index < -0.39 is 58.7 Å². The Balaban J connectivity index is 1.46. The smallest absolute Gasteiger partial charge is 0.266 e. The summed E-state index contributed by atoms with van der Waals surface area (Å²) in [6.07, 6.45) is -1.94. The molecule has 37 heavy (non-hydrogen) atoms. The van der Waals surface area contributed by atoms with Crippen molar-refractivity contribution in [3.05, 3.63) is 63.3 Å². The van der Waals surface area contributed by atoms with E-state index >= 15 is 0 Å². The number of halogens is 5. The number of alkyl halides is 4. The maximum absolute atomic E-state index is 14.7. The molecule has 1 saturated heterocycles. The minimum absolute atomic E-state index is 0.0145. The molecule has 1 amide bonds. The van der Waals surface area contributed by atoms with Gasteiger partial charge < -0.3 is 20.1 Å². The molecular formula is C26H29F5N4O2. The van der Waals surface area contributed by atoms with E-state index in [1.165, 1.54) is 35.9 Å². The minimum atomic E-state index is -3.02. The Morgan fingerprint density at radius 3 is 2.49 bits per heavy atom. The highest BCUT2D eigenvalue weighted by molar-refractivity contribution is 5.99. The lowest BCUT2D eigenvalue weighted by Crippen LogP contribution is -2.71. The predicted molar refractivity (Wildman–Crippen MR) is 128 cm³/mol. The maximum atomic E-state index is 14.7. The summed E-state index contributed by atoms with van der Waals surface area (Å²) < 4.78 is 71.3. The number of benzene rings is 1. The van der Waals surface area contributed by atoms with E-state index in [4.69, 9.17) is 0 Å². The second-order valence-corrected chi connectivity index (χ2v) is 10.8. The largest absolute Gasteiger partial charge is 0.378 e. The van der Waals surface area contributed by atoms with Crippen LogP contribution >= 0.6 is 0 Å².